The molecule has 0 amide bonds. The molecule has 0 spiro atoms. The number of aliphatic hydroxyl groups is 1. The Morgan fingerprint density at radius 1 is 1.47 bits per heavy atom. The number of aryl methyl sites for hydroxylation is 1. The molecule has 1 N–H and O–H groups in total. The summed E-state index contributed by atoms with van der Waals surface area (Å²) in [6.07, 6.45) is 9.83. The summed E-state index contributed by atoms with van der Waals surface area (Å²) in [4.78, 5) is 4.17. The fourth-order valence-corrected chi connectivity index (χ4v) is 2.47. The first-order chi connectivity index (χ1) is 7.27. The van der Waals surface area contributed by atoms with Crippen molar-refractivity contribution in [3.8, 4) is 0 Å². The van der Waals surface area contributed by atoms with Crippen molar-refractivity contribution in [2.24, 2.45) is 5.92 Å². The molecule has 1 aliphatic carbocycles. The summed E-state index contributed by atoms with van der Waals surface area (Å²) < 4.78 is 2.04. The van der Waals surface area contributed by atoms with E-state index >= 15 is 0 Å². The van der Waals surface area contributed by atoms with Crippen LogP contribution in [0.25, 0.3) is 0 Å². The normalized spacial score (nSPS) is 20.4. The van der Waals surface area contributed by atoms with Gasteiger partial charge >= 0.3 is 0 Å². The monoisotopic (exact) mass is 208 g/mol. The molecule has 1 fully saturated rings. The van der Waals surface area contributed by atoms with Gasteiger partial charge in [0.25, 0.3) is 0 Å². The van der Waals surface area contributed by atoms with Gasteiger partial charge in [-0.25, -0.2) is 4.98 Å². The van der Waals surface area contributed by atoms with Crippen LogP contribution >= 0.6 is 0 Å². The van der Waals surface area contributed by atoms with E-state index in [1.165, 1.54) is 32.1 Å². The van der Waals surface area contributed by atoms with Crippen LogP contribution in [0.5, 0.6) is 0 Å². The lowest BCUT2D eigenvalue weighted by Crippen LogP contribution is -2.27. The van der Waals surface area contributed by atoms with Crippen molar-refractivity contribution in [2.75, 3.05) is 0 Å². The zero-order valence-electron chi connectivity index (χ0n) is 9.39. The minimum Gasteiger partial charge on any atom is -0.391 e. The maximum atomic E-state index is 10.1. The van der Waals surface area contributed by atoms with E-state index in [0.717, 1.165) is 5.82 Å². The predicted octanol–water partition coefficient (Wildman–Crippen LogP) is 2.13. The van der Waals surface area contributed by atoms with Gasteiger partial charge in [-0.05, 0) is 25.7 Å². The number of imidazole rings is 1. The highest BCUT2D eigenvalue weighted by atomic mass is 16.3. The molecule has 84 valence electrons. The molecule has 1 unspecified atom stereocenters. The number of aromatic nitrogens is 2. The van der Waals surface area contributed by atoms with Crippen molar-refractivity contribution < 1.29 is 5.11 Å². The van der Waals surface area contributed by atoms with Crippen LogP contribution in [-0.2, 0) is 6.54 Å². The third-order valence-electron chi connectivity index (χ3n) is 3.50. The second-order valence-corrected chi connectivity index (χ2v) is 4.59. The maximum absolute atomic E-state index is 10.1. The third-order valence-corrected chi connectivity index (χ3v) is 3.50. The van der Waals surface area contributed by atoms with E-state index in [-0.39, 0.29) is 6.10 Å². The Bertz CT molecular complexity index is 302. The van der Waals surface area contributed by atoms with Crippen molar-refractivity contribution in [1.29, 1.82) is 0 Å². The highest BCUT2D eigenvalue weighted by molar-refractivity contribution is 4.89. The van der Waals surface area contributed by atoms with Crippen LogP contribution in [0.3, 0.4) is 0 Å². The first-order valence-electron chi connectivity index (χ1n) is 5.93. The number of nitrogens with zero attached hydrogens (tertiary/aromatic N) is 2. The number of hydrogen-bond acceptors (Lipinski definition) is 2. The summed E-state index contributed by atoms with van der Waals surface area (Å²) >= 11 is 0. The van der Waals surface area contributed by atoms with Crippen LogP contribution < -0.4 is 0 Å². The SMILES string of the molecule is Cc1nccn1CC(O)C1CCCCC1. The third kappa shape index (κ3) is 2.59. The lowest BCUT2D eigenvalue weighted by molar-refractivity contribution is 0.0691. The average molecular weight is 208 g/mol. The lowest BCUT2D eigenvalue weighted by atomic mass is 9.85. The van der Waals surface area contributed by atoms with Crippen molar-refractivity contribution in [2.45, 2.75) is 51.7 Å². The molecule has 0 aromatic carbocycles. The molecular formula is C12H20N2O. The number of hydrogen-bond donors (Lipinski definition) is 1. The molecule has 1 heterocycles. The minimum absolute atomic E-state index is 0.196. The number of aliphatic hydroxyl groups excluding tert-OH is 1. The van der Waals surface area contributed by atoms with Gasteiger partial charge in [-0.15, -0.1) is 0 Å². The van der Waals surface area contributed by atoms with Gasteiger partial charge in [0.05, 0.1) is 6.10 Å². The zero-order chi connectivity index (χ0) is 10.7. The molecule has 0 bridgehead atoms. The Morgan fingerprint density at radius 2 is 2.20 bits per heavy atom. The molecule has 3 nitrogen and oxygen atoms in total. The van der Waals surface area contributed by atoms with E-state index in [1.54, 1.807) is 6.20 Å². The van der Waals surface area contributed by atoms with E-state index in [4.69, 9.17) is 0 Å². The Balaban J connectivity index is 1.91. The molecular weight excluding hydrogens is 188 g/mol. The summed E-state index contributed by atoms with van der Waals surface area (Å²) in [5.74, 6) is 1.49. The minimum atomic E-state index is -0.196. The highest BCUT2D eigenvalue weighted by Gasteiger charge is 2.22. The Hall–Kier alpha value is -0.830. The molecule has 0 saturated heterocycles. The topological polar surface area (TPSA) is 38.0 Å². The smallest absolute Gasteiger partial charge is 0.105 e. The Labute approximate surface area is 91.1 Å². The molecule has 0 aliphatic heterocycles. The van der Waals surface area contributed by atoms with Crippen molar-refractivity contribution in [3.05, 3.63) is 18.2 Å². The molecule has 2 rings (SSSR count). The van der Waals surface area contributed by atoms with E-state index < -0.39 is 0 Å². The average Bonchev–Trinajstić information content (AvgIpc) is 2.66. The number of rotatable bonds is 3. The largest absolute Gasteiger partial charge is 0.391 e. The highest BCUT2D eigenvalue weighted by Crippen LogP contribution is 2.27. The summed E-state index contributed by atoms with van der Waals surface area (Å²) in [5, 5.41) is 10.1. The van der Waals surface area contributed by atoms with Crippen molar-refractivity contribution >= 4 is 0 Å². The van der Waals surface area contributed by atoms with Gasteiger partial charge < -0.3 is 9.67 Å². The van der Waals surface area contributed by atoms with Gasteiger partial charge in [0.1, 0.15) is 5.82 Å². The standard InChI is InChI=1S/C12H20N2O/c1-10-13-7-8-14(10)9-12(15)11-5-3-2-4-6-11/h7-8,11-12,15H,2-6,9H2,1H3. The van der Waals surface area contributed by atoms with Crippen LogP contribution in [-0.4, -0.2) is 20.8 Å². The molecule has 1 aromatic heterocycles. The first-order valence-corrected chi connectivity index (χ1v) is 5.93. The molecule has 15 heavy (non-hydrogen) atoms. The quantitative estimate of drug-likeness (QED) is 0.826. The van der Waals surface area contributed by atoms with Gasteiger partial charge in [-0.1, -0.05) is 19.3 Å². The Morgan fingerprint density at radius 3 is 2.80 bits per heavy atom. The second kappa shape index (κ2) is 4.79. The van der Waals surface area contributed by atoms with Crippen LogP contribution in [0.1, 0.15) is 37.9 Å². The van der Waals surface area contributed by atoms with Crippen LogP contribution in [0.4, 0.5) is 0 Å². The summed E-state index contributed by atoms with van der Waals surface area (Å²) in [5.41, 5.74) is 0. The van der Waals surface area contributed by atoms with Crippen molar-refractivity contribution in [3.63, 3.8) is 0 Å². The molecule has 3 heteroatoms. The van der Waals surface area contributed by atoms with E-state index in [0.29, 0.717) is 12.5 Å². The van der Waals surface area contributed by atoms with E-state index in [2.05, 4.69) is 4.98 Å². The fraction of sp³-hybridized carbons (Fsp3) is 0.750. The van der Waals surface area contributed by atoms with Crippen molar-refractivity contribution in [1.82, 2.24) is 9.55 Å². The lowest BCUT2D eigenvalue weighted by Gasteiger charge is -2.27. The second-order valence-electron chi connectivity index (χ2n) is 4.59. The van der Waals surface area contributed by atoms with Gasteiger partial charge in [-0.3, -0.25) is 0 Å². The van der Waals surface area contributed by atoms with Crippen LogP contribution in [0, 0.1) is 12.8 Å². The molecule has 1 saturated carbocycles. The molecule has 1 atom stereocenters. The summed E-state index contributed by atoms with van der Waals surface area (Å²) in [6, 6.07) is 0. The molecule has 1 aliphatic rings. The molecule has 0 radical (unpaired) electrons. The van der Waals surface area contributed by atoms with Crippen LogP contribution in [0.2, 0.25) is 0 Å². The Kier molecular flexibility index (Phi) is 3.41. The maximum Gasteiger partial charge on any atom is 0.105 e. The summed E-state index contributed by atoms with van der Waals surface area (Å²) in [6.45, 7) is 2.68. The van der Waals surface area contributed by atoms with Gasteiger partial charge in [0.2, 0.25) is 0 Å². The van der Waals surface area contributed by atoms with E-state index in [9.17, 15) is 5.11 Å². The summed E-state index contributed by atoms with van der Waals surface area (Å²) in [7, 11) is 0. The zero-order valence-corrected chi connectivity index (χ0v) is 9.39. The van der Waals surface area contributed by atoms with Gasteiger partial charge in [0.15, 0.2) is 0 Å². The van der Waals surface area contributed by atoms with Gasteiger partial charge in [-0.2, -0.15) is 0 Å². The fourth-order valence-electron chi connectivity index (χ4n) is 2.47. The van der Waals surface area contributed by atoms with E-state index in [1.807, 2.05) is 17.7 Å². The van der Waals surface area contributed by atoms with Gasteiger partial charge in [0, 0.05) is 18.9 Å². The first kappa shape index (κ1) is 10.7. The predicted molar refractivity (Wildman–Crippen MR) is 59.5 cm³/mol. The molecule has 1 aromatic rings. The van der Waals surface area contributed by atoms with Crippen LogP contribution in [0.15, 0.2) is 12.4 Å².